The second-order valence-corrected chi connectivity index (χ2v) is 4.01. The van der Waals surface area contributed by atoms with Crippen LogP contribution < -0.4 is 5.73 Å². The highest BCUT2D eigenvalue weighted by molar-refractivity contribution is 5.94. The summed E-state index contributed by atoms with van der Waals surface area (Å²) in [6.45, 7) is 1.55. The van der Waals surface area contributed by atoms with Crippen LogP contribution in [0.4, 0.5) is 5.69 Å². The van der Waals surface area contributed by atoms with Gasteiger partial charge >= 0.3 is 0 Å². The number of nitrogen functional groups attached to an aromatic ring is 1. The number of benzene rings is 2. The highest BCUT2D eigenvalue weighted by Crippen LogP contribution is 2.07. The van der Waals surface area contributed by atoms with Crippen LogP contribution in [0.2, 0.25) is 0 Å². The summed E-state index contributed by atoms with van der Waals surface area (Å²) in [6.07, 6.45) is 0. The molecule has 2 aromatic rings. The first-order chi connectivity index (χ1) is 8.65. The van der Waals surface area contributed by atoms with Crippen molar-refractivity contribution in [3.63, 3.8) is 0 Å². The Kier molecular flexibility index (Phi) is 3.45. The Balaban J connectivity index is 2.27. The average molecular weight is 235 g/mol. The SMILES string of the molecule is CC(=O)c1cccc(C#Cc2ccc(N)cc2)c1. The smallest absolute Gasteiger partial charge is 0.159 e. The van der Waals surface area contributed by atoms with Gasteiger partial charge in [-0.25, -0.2) is 0 Å². The number of hydrogen-bond acceptors (Lipinski definition) is 2. The van der Waals surface area contributed by atoms with Crippen LogP contribution in [-0.4, -0.2) is 5.78 Å². The zero-order chi connectivity index (χ0) is 13.0. The fraction of sp³-hybridized carbons (Fsp3) is 0.0625. The van der Waals surface area contributed by atoms with Crippen LogP contribution in [0, 0.1) is 11.8 Å². The molecule has 0 bridgehead atoms. The van der Waals surface area contributed by atoms with E-state index in [0.717, 1.165) is 16.8 Å². The molecule has 0 spiro atoms. The maximum Gasteiger partial charge on any atom is 0.159 e. The molecule has 0 aromatic heterocycles. The topological polar surface area (TPSA) is 43.1 Å². The lowest BCUT2D eigenvalue weighted by Gasteiger charge is -1.96. The number of Topliss-reactive ketones (excluding diaryl/α,β-unsaturated/α-hetero) is 1. The first-order valence-electron chi connectivity index (χ1n) is 5.64. The average Bonchev–Trinajstić information content (AvgIpc) is 2.38. The summed E-state index contributed by atoms with van der Waals surface area (Å²) in [6, 6.07) is 14.7. The molecule has 0 radical (unpaired) electrons. The summed E-state index contributed by atoms with van der Waals surface area (Å²) >= 11 is 0. The van der Waals surface area contributed by atoms with E-state index >= 15 is 0 Å². The fourth-order valence-electron chi connectivity index (χ4n) is 1.53. The third kappa shape index (κ3) is 2.99. The minimum atomic E-state index is 0.0473. The van der Waals surface area contributed by atoms with Gasteiger partial charge in [0.15, 0.2) is 5.78 Å². The minimum absolute atomic E-state index is 0.0473. The zero-order valence-corrected chi connectivity index (χ0v) is 10.1. The van der Waals surface area contributed by atoms with Crippen LogP contribution in [0.5, 0.6) is 0 Å². The number of rotatable bonds is 1. The molecule has 88 valence electrons. The number of anilines is 1. The van der Waals surface area contributed by atoms with Crippen molar-refractivity contribution in [1.29, 1.82) is 0 Å². The van der Waals surface area contributed by atoms with Crippen LogP contribution in [0.1, 0.15) is 28.4 Å². The minimum Gasteiger partial charge on any atom is -0.399 e. The molecule has 0 atom stereocenters. The molecule has 0 saturated carbocycles. The number of carbonyl (C=O) groups is 1. The van der Waals surface area contributed by atoms with E-state index in [0.29, 0.717) is 5.56 Å². The number of ketones is 1. The van der Waals surface area contributed by atoms with Gasteiger partial charge < -0.3 is 5.73 Å². The molecule has 2 aromatic carbocycles. The lowest BCUT2D eigenvalue weighted by Crippen LogP contribution is -1.91. The van der Waals surface area contributed by atoms with E-state index in [1.165, 1.54) is 0 Å². The summed E-state index contributed by atoms with van der Waals surface area (Å²) in [7, 11) is 0. The summed E-state index contributed by atoms with van der Waals surface area (Å²) in [5.41, 5.74) is 8.74. The van der Waals surface area contributed by atoms with Crippen molar-refractivity contribution in [2.24, 2.45) is 0 Å². The van der Waals surface area contributed by atoms with E-state index in [-0.39, 0.29) is 5.78 Å². The van der Waals surface area contributed by atoms with E-state index in [1.807, 2.05) is 36.4 Å². The Hall–Kier alpha value is -2.53. The van der Waals surface area contributed by atoms with Gasteiger partial charge in [0.1, 0.15) is 0 Å². The molecule has 0 saturated heterocycles. The third-order valence-corrected chi connectivity index (χ3v) is 2.53. The van der Waals surface area contributed by atoms with Crippen molar-refractivity contribution in [3.8, 4) is 11.8 Å². The molecule has 2 nitrogen and oxygen atoms in total. The van der Waals surface area contributed by atoms with E-state index in [2.05, 4.69) is 11.8 Å². The molecule has 0 heterocycles. The van der Waals surface area contributed by atoms with Crippen molar-refractivity contribution in [3.05, 3.63) is 65.2 Å². The Morgan fingerprint density at radius 3 is 2.33 bits per heavy atom. The van der Waals surface area contributed by atoms with Crippen LogP contribution in [0.3, 0.4) is 0 Å². The molecular formula is C16H13NO. The molecule has 2 rings (SSSR count). The van der Waals surface area contributed by atoms with Crippen LogP contribution in [-0.2, 0) is 0 Å². The largest absolute Gasteiger partial charge is 0.399 e. The van der Waals surface area contributed by atoms with E-state index in [1.54, 1.807) is 19.1 Å². The third-order valence-electron chi connectivity index (χ3n) is 2.53. The van der Waals surface area contributed by atoms with Gasteiger partial charge in [0.25, 0.3) is 0 Å². The van der Waals surface area contributed by atoms with Crippen molar-refractivity contribution in [2.45, 2.75) is 6.92 Å². The Morgan fingerprint density at radius 2 is 1.67 bits per heavy atom. The van der Waals surface area contributed by atoms with Crippen molar-refractivity contribution in [2.75, 3.05) is 5.73 Å². The van der Waals surface area contributed by atoms with Crippen molar-refractivity contribution < 1.29 is 4.79 Å². The fourth-order valence-corrected chi connectivity index (χ4v) is 1.53. The molecule has 0 amide bonds. The van der Waals surface area contributed by atoms with Gasteiger partial charge in [-0.05, 0) is 43.3 Å². The first kappa shape index (κ1) is 11.9. The number of nitrogens with two attached hydrogens (primary N) is 1. The Bertz CT molecular complexity index is 630. The summed E-state index contributed by atoms with van der Waals surface area (Å²) in [4.78, 5) is 11.2. The van der Waals surface area contributed by atoms with Gasteiger partial charge in [0, 0.05) is 22.4 Å². The maximum atomic E-state index is 11.2. The zero-order valence-electron chi connectivity index (χ0n) is 10.1. The lowest BCUT2D eigenvalue weighted by atomic mass is 10.1. The second-order valence-electron chi connectivity index (χ2n) is 4.01. The van der Waals surface area contributed by atoms with E-state index < -0.39 is 0 Å². The number of hydrogen-bond donors (Lipinski definition) is 1. The predicted octanol–water partition coefficient (Wildman–Crippen LogP) is 2.87. The molecular weight excluding hydrogens is 222 g/mol. The molecule has 0 aliphatic heterocycles. The summed E-state index contributed by atoms with van der Waals surface area (Å²) < 4.78 is 0. The van der Waals surface area contributed by atoms with Gasteiger partial charge in [0.2, 0.25) is 0 Å². The molecule has 0 fully saturated rings. The highest BCUT2D eigenvalue weighted by atomic mass is 16.1. The Labute approximate surface area is 106 Å². The van der Waals surface area contributed by atoms with E-state index in [9.17, 15) is 4.79 Å². The van der Waals surface area contributed by atoms with Crippen LogP contribution in [0.25, 0.3) is 0 Å². The normalized spacial score (nSPS) is 9.39. The monoisotopic (exact) mass is 235 g/mol. The van der Waals surface area contributed by atoms with Crippen molar-refractivity contribution in [1.82, 2.24) is 0 Å². The van der Waals surface area contributed by atoms with Crippen molar-refractivity contribution >= 4 is 11.5 Å². The maximum absolute atomic E-state index is 11.2. The second kappa shape index (κ2) is 5.20. The van der Waals surface area contributed by atoms with Gasteiger partial charge in [-0.1, -0.05) is 24.0 Å². The molecule has 18 heavy (non-hydrogen) atoms. The van der Waals surface area contributed by atoms with Gasteiger partial charge in [-0.2, -0.15) is 0 Å². The molecule has 2 N–H and O–H groups in total. The molecule has 0 aliphatic carbocycles. The first-order valence-corrected chi connectivity index (χ1v) is 5.64. The van der Waals surface area contributed by atoms with Crippen LogP contribution >= 0.6 is 0 Å². The predicted molar refractivity (Wildman–Crippen MR) is 73.3 cm³/mol. The highest BCUT2D eigenvalue weighted by Gasteiger charge is 1.98. The van der Waals surface area contributed by atoms with Gasteiger partial charge in [-0.15, -0.1) is 0 Å². The standard InChI is InChI=1S/C16H13NO/c1-12(18)15-4-2-3-14(11-15)6-5-13-7-9-16(17)10-8-13/h2-4,7-11H,17H2,1H3. The van der Waals surface area contributed by atoms with Crippen LogP contribution in [0.15, 0.2) is 48.5 Å². The van der Waals surface area contributed by atoms with Gasteiger partial charge in [0.05, 0.1) is 0 Å². The molecule has 2 heteroatoms. The summed E-state index contributed by atoms with van der Waals surface area (Å²) in [5.74, 6) is 6.12. The molecule has 0 unspecified atom stereocenters. The quantitative estimate of drug-likeness (QED) is 0.469. The summed E-state index contributed by atoms with van der Waals surface area (Å²) in [5, 5.41) is 0. The van der Waals surface area contributed by atoms with Gasteiger partial charge in [-0.3, -0.25) is 4.79 Å². The molecule has 0 aliphatic rings. The number of carbonyl (C=O) groups excluding carboxylic acids is 1. The Morgan fingerprint density at radius 1 is 1.00 bits per heavy atom. The lowest BCUT2D eigenvalue weighted by molar-refractivity contribution is 0.101. The van der Waals surface area contributed by atoms with E-state index in [4.69, 9.17) is 5.73 Å².